The number of hydrogen-bond donors (Lipinski definition) is 1. The first-order valence-electron chi connectivity index (χ1n) is 4.21. The van der Waals surface area contributed by atoms with Crippen molar-refractivity contribution in [3.63, 3.8) is 0 Å². The lowest BCUT2D eigenvalue weighted by atomic mass is 10.3. The molecule has 0 atom stereocenters. The summed E-state index contributed by atoms with van der Waals surface area (Å²) in [6.07, 6.45) is 2.89. The van der Waals surface area contributed by atoms with Gasteiger partial charge in [0, 0.05) is 11.9 Å². The summed E-state index contributed by atoms with van der Waals surface area (Å²) < 4.78 is 0. The summed E-state index contributed by atoms with van der Waals surface area (Å²) in [4.78, 5) is 4.01. The summed E-state index contributed by atoms with van der Waals surface area (Å²) >= 11 is 7.53. The van der Waals surface area contributed by atoms with Crippen molar-refractivity contribution in [3.8, 4) is 0 Å². The second-order valence-electron chi connectivity index (χ2n) is 2.68. The summed E-state index contributed by atoms with van der Waals surface area (Å²) in [6.45, 7) is 0.770. The highest BCUT2D eigenvalue weighted by molar-refractivity contribution is 7.98. The fraction of sp³-hybridized carbons (Fsp3) is 0.444. The lowest BCUT2D eigenvalue weighted by Gasteiger charge is -2.00. The molecule has 0 amide bonds. The van der Waals surface area contributed by atoms with Crippen molar-refractivity contribution < 1.29 is 0 Å². The molecule has 0 aromatic carbocycles. The first kappa shape index (κ1) is 10.8. The maximum Gasteiger partial charge on any atom is 0.129 e. The summed E-state index contributed by atoms with van der Waals surface area (Å²) in [6, 6.07) is 3.82. The molecule has 1 rings (SSSR count). The van der Waals surface area contributed by atoms with E-state index in [4.69, 9.17) is 17.3 Å². The van der Waals surface area contributed by atoms with E-state index in [2.05, 4.69) is 4.98 Å². The lowest BCUT2D eigenvalue weighted by Crippen LogP contribution is -1.99. The van der Waals surface area contributed by atoms with Gasteiger partial charge in [0.25, 0.3) is 0 Å². The molecule has 72 valence electrons. The van der Waals surface area contributed by atoms with Gasteiger partial charge in [0.2, 0.25) is 0 Å². The maximum absolute atomic E-state index is 5.66. The molecule has 1 aromatic heterocycles. The van der Waals surface area contributed by atoms with Gasteiger partial charge in [0.15, 0.2) is 0 Å². The van der Waals surface area contributed by atoms with E-state index in [1.165, 1.54) is 5.56 Å². The summed E-state index contributed by atoms with van der Waals surface area (Å²) in [5.74, 6) is 2.10. The van der Waals surface area contributed by atoms with E-state index >= 15 is 0 Å². The standard InChI is InChI=1S/C9H13ClN2S/c10-9-3-2-8(6-12-9)7-13-5-1-4-11/h2-3,6H,1,4-5,7,11H2. The van der Waals surface area contributed by atoms with Crippen molar-refractivity contribution in [2.24, 2.45) is 5.73 Å². The Balaban J connectivity index is 2.25. The van der Waals surface area contributed by atoms with E-state index in [0.717, 1.165) is 24.5 Å². The number of halogens is 1. The third-order valence-electron chi connectivity index (χ3n) is 1.55. The van der Waals surface area contributed by atoms with Crippen LogP contribution >= 0.6 is 23.4 Å². The number of nitrogens with zero attached hydrogens (tertiary/aromatic N) is 1. The highest BCUT2D eigenvalue weighted by Crippen LogP contribution is 2.13. The summed E-state index contributed by atoms with van der Waals surface area (Å²) in [5.41, 5.74) is 6.60. The van der Waals surface area contributed by atoms with Crippen LogP contribution in [0.3, 0.4) is 0 Å². The monoisotopic (exact) mass is 216 g/mol. The Hall–Kier alpha value is -0.250. The molecule has 0 radical (unpaired) electrons. The largest absolute Gasteiger partial charge is 0.330 e. The van der Waals surface area contributed by atoms with Crippen LogP contribution in [0.15, 0.2) is 18.3 Å². The van der Waals surface area contributed by atoms with Gasteiger partial charge in [-0.3, -0.25) is 0 Å². The molecule has 2 nitrogen and oxygen atoms in total. The molecule has 0 spiro atoms. The molecular weight excluding hydrogens is 204 g/mol. The van der Waals surface area contributed by atoms with Gasteiger partial charge >= 0.3 is 0 Å². The Morgan fingerprint density at radius 3 is 2.92 bits per heavy atom. The zero-order valence-corrected chi connectivity index (χ0v) is 8.94. The zero-order chi connectivity index (χ0) is 9.52. The highest BCUT2D eigenvalue weighted by Gasteiger charge is 1.94. The lowest BCUT2D eigenvalue weighted by molar-refractivity contribution is 0.943. The van der Waals surface area contributed by atoms with Crippen LogP contribution in [0.25, 0.3) is 0 Å². The van der Waals surface area contributed by atoms with Crippen LogP contribution in [0.1, 0.15) is 12.0 Å². The Morgan fingerprint density at radius 2 is 2.31 bits per heavy atom. The van der Waals surface area contributed by atoms with Crippen LogP contribution < -0.4 is 5.73 Å². The van der Waals surface area contributed by atoms with Gasteiger partial charge in [-0.15, -0.1) is 0 Å². The number of aromatic nitrogens is 1. The Morgan fingerprint density at radius 1 is 1.46 bits per heavy atom. The van der Waals surface area contributed by atoms with Crippen molar-refractivity contribution in [2.75, 3.05) is 12.3 Å². The van der Waals surface area contributed by atoms with Crippen LogP contribution in [0.4, 0.5) is 0 Å². The van der Waals surface area contributed by atoms with Gasteiger partial charge < -0.3 is 5.73 Å². The van der Waals surface area contributed by atoms with E-state index in [1.54, 1.807) is 0 Å². The van der Waals surface area contributed by atoms with Crippen molar-refractivity contribution >= 4 is 23.4 Å². The average Bonchev–Trinajstić information content (AvgIpc) is 2.15. The molecule has 1 heterocycles. The third-order valence-corrected chi connectivity index (χ3v) is 2.89. The van der Waals surface area contributed by atoms with E-state index in [9.17, 15) is 0 Å². The smallest absolute Gasteiger partial charge is 0.129 e. The van der Waals surface area contributed by atoms with Crippen LogP contribution in [0.5, 0.6) is 0 Å². The van der Waals surface area contributed by atoms with Gasteiger partial charge in [0.1, 0.15) is 5.15 Å². The second kappa shape index (κ2) is 6.24. The van der Waals surface area contributed by atoms with Gasteiger partial charge in [0.05, 0.1) is 0 Å². The molecule has 0 saturated carbocycles. The number of thioether (sulfide) groups is 1. The highest BCUT2D eigenvalue weighted by atomic mass is 35.5. The van der Waals surface area contributed by atoms with Gasteiger partial charge in [-0.05, 0) is 30.3 Å². The molecule has 2 N–H and O–H groups in total. The first-order chi connectivity index (χ1) is 6.33. The number of pyridine rings is 1. The maximum atomic E-state index is 5.66. The van der Waals surface area contributed by atoms with Crippen molar-refractivity contribution in [2.45, 2.75) is 12.2 Å². The SMILES string of the molecule is NCCCSCc1ccc(Cl)nc1. The molecule has 0 unspecified atom stereocenters. The molecule has 0 aliphatic carbocycles. The second-order valence-corrected chi connectivity index (χ2v) is 4.18. The summed E-state index contributed by atoms with van der Waals surface area (Å²) in [7, 11) is 0. The predicted octanol–water partition coefficient (Wildman–Crippen LogP) is 2.32. The fourth-order valence-corrected chi connectivity index (χ4v) is 1.90. The molecule has 1 aromatic rings. The molecule has 4 heteroatoms. The summed E-state index contributed by atoms with van der Waals surface area (Å²) in [5, 5.41) is 0.552. The predicted molar refractivity (Wildman–Crippen MR) is 59.1 cm³/mol. The van der Waals surface area contributed by atoms with Crippen LogP contribution in [-0.2, 0) is 5.75 Å². The molecule has 0 bridgehead atoms. The zero-order valence-electron chi connectivity index (χ0n) is 7.37. The molecule has 0 fully saturated rings. The number of nitrogens with two attached hydrogens (primary N) is 1. The van der Waals surface area contributed by atoms with Crippen molar-refractivity contribution in [1.82, 2.24) is 4.98 Å². The normalized spacial score (nSPS) is 10.3. The van der Waals surface area contributed by atoms with Crippen molar-refractivity contribution in [1.29, 1.82) is 0 Å². The Kier molecular flexibility index (Phi) is 5.20. The van der Waals surface area contributed by atoms with E-state index in [1.807, 2.05) is 30.1 Å². The Labute approximate surface area is 87.9 Å². The number of rotatable bonds is 5. The molecular formula is C9H13ClN2S. The van der Waals surface area contributed by atoms with Crippen LogP contribution in [0, 0.1) is 0 Å². The van der Waals surface area contributed by atoms with Crippen molar-refractivity contribution in [3.05, 3.63) is 29.0 Å². The van der Waals surface area contributed by atoms with Crippen LogP contribution in [-0.4, -0.2) is 17.3 Å². The molecule has 13 heavy (non-hydrogen) atoms. The first-order valence-corrected chi connectivity index (χ1v) is 5.74. The van der Waals surface area contributed by atoms with Gasteiger partial charge in [-0.1, -0.05) is 17.7 Å². The van der Waals surface area contributed by atoms with E-state index in [-0.39, 0.29) is 0 Å². The minimum Gasteiger partial charge on any atom is -0.330 e. The Bertz CT molecular complexity index is 238. The minimum absolute atomic E-state index is 0.552. The van der Waals surface area contributed by atoms with E-state index < -0.39 is 0 Å². The third kappa shape index (κ3) is 4.50. The minimum atomic E-state index is 0.552. The quantitative estimate of drug-likeness (QED) is 0.607. The average molecular weight is 217 g/mol. The molecule has 0 aliphatic rings. The van der Waals surface area contributed by atoms with Gasteiger partial charge in [-0.25, -0.2) is 4.98 Å². The molecule has 0 saturated heterocycles. The molecule has 0 aliphatic heterocycles. The van der Waals surface area contributed by atoms with Gasteiger partial charge in [-0.2, -0.15) is 11.8 Å². The topological polar surface area (TPSA) is 38.9 Å². The fourth-order valence-electron chi connectivity index (χ4n) is 0.867. The van der Waals surface area contributed by atoms with E-state index in [0.29, 0.717) is 5.15 Å². The number of hydrogen-bond acceptors (Lipinski definition) is 3. The van der Waals surface area contributed by atoms with Crippen LogP contribution in [0.2, 0.25) is 5.15 Å².